The van der Waals surface area contributed by atoms with Gasteiger partial charge in [-0.15, -0.1) is 0 Å². The minimum absolute atomic E-state index is 0.0415. The van der Waals surface area contributed by atoms with Gasteiger partial charge in [0.25, 0.3) is 0 Å². The first kappa shape index (κ1) is 24.1. The van der Waals surface area contributed by atoms with Crippen LogP contribution in [0.15, 0.2) is 17.7 Å². The first-order valence-electron chi connectivity index (χ1n) is 11.4. The van der Waals surface area contributed by atoms with Crippen molar-refractivity contribution in [2.45, 2.75) is 96.7 Å². The largest absolute Gasteiger partial charge is 0.504 e. The molecule has 1 aliphatic heterocycles. The van der Waals surface area contributed by atoms with Crippen LogP contribution in [0.4, 0.5) is 0 Å². The lowest BCUT2D eigenvalue weighted by Gasteiger charge is -2.38. The Bertz CT molecular complexity index is 800. The summed E-state index contributed by atoms with van der Waals surface area (Å²) in [6.07, 6.45) is 1.40. The number of rotatable bonds is 6. The van der Waals surface area contributed by atoms with Gasteiger partial charge in [-0.25, -0.2) is 0 Å². The van der Waals surface area contributed by atoms with Crippen LogP contribution < -0.4 is 4.74 Å². The van der Waals surface area contributed by atoms with Crippen LogP contribution in [-0.2, 0) is 4.74 Å². The number of phenols is 1. The highest BCUT2D eigenvalue weighted by Gasteiger charge is 2.41. The molecule has 31 heavy (non-hydrogen) atoms. The Morgan fingerprint density at radius 1 is 1.23 bits per heavy atom. The summed E-state index contributed by atoms with van der Waals surface area (Å²) in [5.74, 6) is 1.40. The zero-order valence-corrected chi connectivity index (χ0v) is 19.3. The van der Waals surface area contributed by atoms with Gasteiger partial charge < -0.3 is 29.9 Å². The van der Waals surface area contributed by atoms with Gasteiger partial charge in [0, 0.05) is 5.56 Å². The van der Waals surface area contributed by atoms with Crippen LogP contribution in [-0.4, -0.2) is 51.6 Å². The Balaban J connectivity index is 1.93. The van der Waals surface area contributed by atoms with E-state index in [0.717, 1.165) is 36.8 Å². The average molecular weight is 435 g/mol. The van der Waals surface area contributed by atoms with E-state index in [1.807, 2.05) is 6.92 Å². The van der Waals surface area contributed by atoms with Crippen molar-refractivity contribution in [1.29, 1.82) is 0 Å². The lowest BCUT2D eigenvalue weighted by atomic mass is 9.70. The predicted octanol–water partition coefficient (Wildman–Crippen LogP) is 3.88. The number of allylic oxidation sites excluding steroid dienone is 2. The number of aliphatic hydroxyl groups is 3. The van der Waals surface area contributed by atoms with Crippen LogP contribution in [0.2, 0.25) is 0 Å². The molecule has 1 aromatic carbocycles. The third kappa shape index (κ3) is 5.08. The first-order valence-corrected chi connectivity index (χ1v) is 11.4. The lowest BCUT2D eigenvalue weighted by Crippen LogP contribution is -2.54. The molecule has 1 aromatic rings. The van der Waals surface area contributed by atoms with Gasteiger partial charge in [0.1, 0.15) is 18.3 Å². The van der Waals surface area contributed by atoms with Gasteiger partial charge in [0.2, 0.25) is 6.29 Å². The topological polar surface area (TPSA) is 99.4 Å². The maximum absolute atomic E-state index is 10.9. The van der Waals surface area contributed by atoms with E-state index in [2.05, 4.69) is 39.8 Å². The molecule has 1 fully saturated rings. The molecule has 1 heterocycles. The number of aliphatic hydroxyl groups excluding tert-OH is 3. The van der Waals surface area contributed by atoms with Crippen molar-refractivity contribution >= 4 is 0 Å². The third-order valence-corrected chi connectivity index (χ3v) is 6.87. The molecular weight excluding hydrogens is 396 g/mol. The van der Waals surface area contributed by atoms with Crippen LogP contribution in [0, 0.1) is 12.8 Å². The summed E-state index contributed by atoms with van der Waals surface area (Å²) in [6.45, 7) is 10.4. The van der Waals surface area contributed by atoms with Gasteiger partial charge in [-0.05, 0) is 75.3 Å². The quantitative estimate of drug-likeness (QED) is 0.507. The monoisotopic (exact) mass is 434 g/mol. The summed E-state index contributed by atoms with van der Waals surface area (Å²) in [7, 11) is 0. The third-order valence-electron chi connectivity index (χ3n) is 6.87. The van der Waals surface area contributed by atoms with Gasteiger partial charge >= 0.3 is 0 Å². The second-order valence-electron chi connectivity index (χ2n) is 9.66. The molecule has 4 unspecified atom stereocenters. The van der Waals surface area contributed by atoms with E-state index in [1.165, 1.54) is 11.1 Å². The fourth-order valence-electron chi connectivity index (χ4n) is 4.91. The maximum Gasteiger partial charge on any atom is 0.229 e. The minimum Gasteiger partial charge on any atom is -0.504 e. The highest BCUT2D eigenvalue weighted by molar-refractivity contribution is 5.57. The number of ether oxygens (including phenoxy) is 2. The van der Waals surface area contributed by atoms with Gasteiger partial charge in [0.05, 0.1) is 6.61 Å². The fraction of sp³-hybridized carbons (Fsp3) is 0.680. The molecule has 1 aliphatic carbocycles. The molecule has 7 atom stereocenters. The number of benzene rings is 1. The van der Waals surface area contributed by atoms with Crippen LogP contribution in [0.3, 0.4) is 0 Å². The molecule has 174 valence electrons. The second-order valence-corrected chi connectivity index (χ2v) is 9.66. The number of fused-ring (bicyclic) bond motifs is 1. The molecule has 4 N–H and O–H groups in total. The highest BCUT2D eigenvalue weighted by atomic mass is 16.7. The Hall–Kier alpha value is -1.60. The maximum atomic E-state index is 10.9. The van der Waals surface area contributed by atoms with Crippen molar-refractivity contribution in [3.63, 3.8) is 0 Å². The molecule has 2 aliphatic rings. The molecule has 0 aromatic heterocycles. The van der Waals surface area contributed by atoms with Crippen molar-refractivity contribution in [3.05, 3.63) is 34.4 Å². The van der Waals surface area contributed by atoms with Crippen molar-refractivity contribution in [2.75, 3.05) is 6.61 Å². The molecule has 0 spiro atoms. The van der Waals surface area contributed by atoms with Crippen LogP contribution in [0.5, 0.6) is 11.5 Å². The predicted molar refractivity (Wildman–Crippen MR) is 119 cm³/mol. The van der Waals surface area contributed by atoms with Gasteiger partial charge in [0.15, 0.2) is 11.5 Å². The van der Waals surface area contributed by atoms with E-state index >= 15 is 0 Å². The summed E-state index contributed by atoms with van der Waals surface area (Å²) < 4.78 is 11.5. The molecule has 0 saturated carbocycles. The molecule has 0 amide bonds. The van der Waals surface area contributed by atoms with Crippen molar-refractivity contribution < 1.29 is 29.9 Å². The molecule has 6 heteroatoms. The number of hydrogen-bond donors (Lipinski definition) is 4. The SMILES string of the molecule is CC(C)=CCC[C@H](C)[C@H]1CC[C@H](C)c2c1cc(C)c(O)c2OC1OCC(O)C(O)C1O. The molecule has 3 rings (SSSR count). The zero-order chi connectivity index (χ0) is 22.9. The summed E-state index contributed by atoms with van der Waals surface area (Å²) in [4.78, 5) is 0. The van der Waals surface area contributed by atoms with Crippen LogP contribution in [0.1, 0.15) is 81.9 Å². The number of aryl methyl sites for hydroxylation is 1. The van der Waals surface area contributed by atoms with Gasteiger partial charge in [-0.3, -0.25) is 0 Å². The Morgan fingerprint density at radius 3 is 2.61 bits per heavy atom. The van der Waals surface area contributed by atoms with E-state index in [1.54, 1.807) is 0 Å². The van der Waals surface area contributed by atoms with Crippen LogP contribution >= 0.6 is 0 Å². The molecule has 1 saturated heterocycles. The summed E-state index contributed by atoms with van der Waals surface area (Å²) in [6, 6.07) is 2.08. The molecule has 0 bridgehead atoms. The number of aromatic hydroxyl groups is 1. The van der Waals surface area contributed by atoms with E-state index in [4.69, 9.17) is 9.47 Å². The molecule has 6 nitrogen and oxygen atoms in total. The average Bonchev–Trinajstić information content (AvgIpc) is 2.71. The normalized spacial score (nSPS) is 31.6. The minimum atomic E-state index is -1.41. The number of phenolic OH excluding ortho intramolecular Hbond substituents is 1. The smallest absolute Gasteiger partial charge is 0.229 e. The highest BCUT2D eigenvalue weighted by Crippen LogP contribution is 2.51. The zero-order valence-electron chi connectivity index (χ0n) is 19.3. The van der Waals surface area contributed by atoms with Crippen molar-refractivity contribution in [1.82, 2.24) is 0 Å². The van der Waals surface area contributed by atoms with E-state index in [0.29, 0.717) is 17.6 Å². The van der Waals surface area contributed by atoms with E-state index < -0.39 is 24.6 Å². The van der Waals surface area contributed by atoms with Crippen molar-refractivity contribution in [2.24, 2.45) is 5.92 Å². The first-order chi connectivity index (χ1) is 14.6. The van der Waals surface area contributed by atoms with Crippen molar-refractivity contribution in [3.8, 4) is 11.5 Å². The molecular formula is C25H38O6. The van der Waals surface area contributed by atoms with Gasteiger partial charge in [-0.1, -0.05) is 31.6 Å². The lowest BCUT2D eigenvalue weighted by molar-refractivity contribution is -0.242. The Kier molecular flexibility index (Phi) is 7.68. The fourth-order valence-corrected chi connectivity index (χ4v) is 4.91. The van der Waals surface area contributed by atoms with E-state index in [-0.39, 0.29) is 18.3 Å². The Morgan fingerprint density at radius 2 is 1.94 bits per heavy atom. The van der Waals surface area contributed by atoms with Gasteiger partial charge in [-0.2, -0.15) is 0 Å². The molecule has 0 radical (unpaired) electrons. The Labute approximate surface area is 185 Å². The summed E-state index contributed by atoms with van der Waals surface area (Å²) >= 11 is 0. The second kappa shape index (κ2) is 9.90. The van der Waals surface area contributed by atoms with Crippen LogP contribution in [0.25, 0.3) is 0 Å². The standard InChI is InChI=1S/C25H38O6/c1-13(2)7-6-8-14(3)17-10-9-15(4)20-18(17)11-16(5)21(27)24(20)31-25-23(29)22(28)19(26)12-30-25/h7,11,14-15,17,19,22-23,25-29H,6,8-10,12H2,1-5H3/t14-,15-,17+,19?,22?,23?,25?/m0/s1. The summed E-state index contributed by atoms with van der Waals surface area (Å²) in [5, 5.41) is 40.9. The number of hydrogen-bond acceptors (Lipinski definition) is 6. The van der Waals surface area contributed by atoms with E-state index in [9.17, 15) is 20.4 Å². The summed E-state index contributed by atoms with van der Waals surface area (Å²) in [5.41, 5.74) is 4.21.